The largest absolute Gasteiger partial charge is 0.493 e. The average molecular weight is 388 g/mol. The second-order valence-electron chi connectivity index (χ2n) is 8.02. The van der Waals surface area contributed by atoms with Crippen LogP contribution in [-0.2, 0) is 6.42 Å². The number of rotatable bonds is 4. The lowest BCUT2D eigenvalue weighted by Crippen LogP contribution is -2.42. The molecule has 0 amide bonds. The molecule has 0 fully saturated rings. The third-order valence-electron chi connectivity index (χ3n) is 5.93. The Morgan fingerprint density at radius 2 is 1.34 bits per heavy atom. The molecule has 29 heavy (non-hydrogen) atoms. The van der Waals surface area contributed by atoms with Crippen molar-refractivity contribution in [2.45, 2.75) is 39.3 Å². The summed E-state index contributed by atoms with van der Waals surface area (Å²) in [5, 5.41) is 0. The van der Waals surface area contributed by atoms with Gasteiger partial charge in [0.2, 0.25) is 0 Å². The Morgan fingerprint density at radius 3 is 1.93 bits per heavy atom. The second kappa shape index (κ2) is 7.82. The van der Waals surface area contributed by atoms with E-state index >= 15 is 0 Å². The van der Waals surface area contributed by atoms with Gasteiger partial charge in [-0.3, -0.25) is 0 Å². The van der Waals surface area contributed by atoms with Crippen molar-refractivity contribution in [3.05, 3.63) is 88.5 Å². The Kier molecular flexibility index (Phi) is 5.23. The number of methoxy groups -OCH3 is 2. The number of aryl methyl sites for hydroxylation is 2. The van der Waals surface area contributed by atoms with Gasteiger partial charge in [0.15, 0.2) is 11.5 Å². The van der Waals surface area contributed by atoms with Crippen molar-refractivity contribution >= 4 is 5.69 Å². The maximum absolute atomic E-state index is 5.65. The molecule has 0 bridgehead atoms. The van der Waals surface area contributed by atoms with E-state index < -0.39 is 0 Å². The highest BCUT2D eigenvalue weighted by atomic mass is 16.5. The van der Waals surface area contributed by atoms with Crippen LogP contribution in [0.2, 0.25) is 0 Å². The number of nitrogens with zero attached hydrogens (tertiary/aromatic N) is 1. The molecule has 1 aliphatic heterocycles. The van der Waals surface area contributed by atoms with E-state index in [2.05, 4.69) is 86.3 Å². The number of anilines is 1. The zero-order chi connectivity index (χ0) is 20.5. The van der Waals surface area contributed by atoms with E-state index in [0.29, 0.717) is 6.04 Å². The van der Waals surface area contributed by atoms with Crippen LogP contribution in [0.1, 0.15) is 40.8 Å². The lowest BCUT2D eigenvalue weighted by Gasteiger charge is -2.44. The van der Waals surface area contributed by atoms with E-state index in [1.807, 2.05) is 0 Å². The van der Waals surface area contributed by atoms with Crippen LogP contribution in [0.4, 0.5) is 5.69 Å². The molecule has 1 aliphatic rings. The van der Waals surface area contributed by atoms with E-state index in [0.717, 1.165) is 17.9 Å². The fraction of sp³-hybridized carbons (Fsp3) is 0.308. The Hall–Kier alpha value is -2.94. The molecule has 0 N–H and O–H groups in total. The topological polar surface area (TPSA) is 21.7 Å². The van der Waals surface area contributed by atoms with Gasteiger partial charge in [-0.25, -0.2) is 0 Å². The molecule has 0 aromatic heterocycles. The molecule has 0 saturated carbocycles. The first-order valence-electron chi connectivity index (χ1n) is 10.2. The minimum absolute atomic E-state index is 0.122. The quantitative estimate of drug-likeness (QED) is 0.559. The first-order chi connectivity index (χ1) is 14.0. The Morgan fingerprint density at radius 1 is 0.793 bits per heavy atom. The molecule has 0 aliphatic carbocycles. The van der Waals surface area contributed by atoms with Crippen LogP contribution in [0.3, 0.4) is 0 Å². The predicted molar refractivity (Wildman–Crippen MR) is 119 cm³/mol. The molecule has 4 rings (SSSR count). The standard InChI is InChI=1S/C26H29NO2/c1-17-6-10-20(11-7-17)26-23-16-25(29-5)24(28-4)15-21(23)14-19(3)27(26)22-12-8-18(2)9-13-22/h6-13,15-16,19,26H,14H2,1-5H3/t19-,26+/m1/s1. The number of ether oxygens (including phenoxy) is 2. The van der Waals surface area contributed by atoms with Gasteiger partial charge in [0.25, 0.3) is 0 Å². The van der Waals surface area contributed by atoms with Crippen molar-refractivity contribution in [1.29, 1.82) is 0 Å². The van der Waals surface area contributed by atoms with Gasteiger partial charge < -0.3 is 14.4 Å². The van der Waals surface area contributed by atoms with Crippen LogP contribution in [0.25, 0.3) is 0 Å². The molecule has 0 unspecified atom stereocenters. The maximum Gasteiger partial charge on any atom is 0.161 e. The molecule has 3 heteroatoms. The third-order valence-corrected chi connectivity index (χ3v) is 5.93. The van der Waals surface area contributed by atoms with Crippen LogP contribution >= 0.6 is 0 Å². The third kappa shape index (κ3) is 3.57. The van der Waals surface area contributed by atoms with Gasteiger partial charge >= 0.3 is 0 Å². The Labute approximate surface area is 173 Å². The molecule has 1 heterocycles. The first kappa shape index (κ1) is 19.4. The minimum atomic E-state index is 0.122. The number of fused-ring (bicyclic) bond motifs is 1. The Bertz CT molecular complexity index is 992. The molecule has 0 spiro atoms. The lowest BCUT2D eigenvalue weighted by molar-refractivity contribution is 0.352. The van der Waals surface area contributed by atoms with Crippen LogP contribution in [0.15, 0.2) is 60.7 Å². The molecule has 3 aromatic carbocycles. The van der Waals surface area contributed by atoms with Gasteiger partial charge in [0.1, 0.15) is 0 Å². The van der Waals surface area contributed by atoms with Crippen molar-refractivity contribution in [3.8, 4) is 11.5 Å². The molecule has 0 saturated heterocycles. The number of hydrogen-bond donors (Lipinski definition) is 0. The summed E-state index contributed by atoms with van der Waals surface area (Å²) < 4.78 is 11.2. The molecular formula is C26H29NO2. The molecule has 2 atom stereocenters. The van der Waals surface area contributed by atoms with E-state index in [1.54, 1.807) is 14.2 Å². The van der Waals surface area contributed by atoms with Crippen LogP contribution in [0, 0.1) is 13.8 Å². The van der Waals surface area contributed by atoms with Gasteiger partial charge in [-0.05, 0) is 68.1 Å². The van der Waals surface area contributed by atoms with Crippen molar-refractivity contribution in [2.24, 2.45) is 0 Å². The van der Waals surface area contributed by atoms with Crippen molar-refractivity contribution in [3.63, 3.8) is 0 Å². The molecule has 150 valence electrons. The fourth-order valence-corrected chi connectivity index (χ4v) is 4.40. The van der Waals surface area contributed by atoms with Gasteiger partial charge in [0, 0.05) is 11.7 Å². The summed E-state index contributed by atoms with van der Waals surface area (Å²) in [5.74, 6) is 1.58. The van der Waals surface area contributed by atoms with Crippen LogP contribution in [-0.4, -0.2) is 20.3 Å². The van der Waals surface area contributed by atoms with Crippen LogP contribution in [0.5, 0.6) is 11.5 Å². The van der Waals surface area contributed by atoms with Crippen molar-refractivity contribution in [2.75, 3.05) is 19.1 Å². The SMILES string of the molecule is COc1cc2c(cc1OC)[C@H](c1ccc(C)cc1)N(c1ccc(C)cc1)[C@H](C)C2. The van der Waals surface area contributed by atoms with Crippen molar-refractivity contribution in [1.82, 2.24) is 0 Å². The molecule has 3 aromatic rings. The highest BCUT2D eigenvalue weighted by Gasteiger charge is 2.34. The smallest absolute Gasteiger partial charge is 0.161 e. The number of benzene rings is 3. The average Bonchev–Trinajstić information content (AvgIpc) is 2.73. The fourth-order valence-electron chi connectivity index (χ4n) is 4.40. The summed E-state index contributed by atoms with van der Waals surface area (Å²) >= 11 is 0. The van der Waals surface area contributed by atoms with Crippen LogP contribution < -0.4 is 14.4 Å². The van der Waals surface area contributed by atoms with E-state index in [9.17, 15) is 0 Å². The zero-order valence-corrected chi connectivity index (χ0v) is 17.9. The zero-order valence-electron chi connectivity index (χ0n) is 17.9. The van der Waals surface area contributed by atoms with Gasteiger partial charge in [0.05, 0.1) is 20.3 Å². The second-order valence-corrected chi connectivity index (χ2v) is 8.02. The summed E-state index contributed by atoms with van der Waals surface area (Å²) in [5.41, 5.74) is 7.68. The van der Waals surface area contributed by atoms with Gasteiger partial charge in [-0.1, -0.05) is 47.5 Å². The first-order valence-corrected chi connectivity index (χ1v) is 10.2. The maximum atomic E-state index is 5.65. The molecule has 3 nitrogen and oxygen atoms in total. The summed E-state index contributed by atoms with van der Waals surface area (Å²) in [6.45, 7) is 6.57. The highest BCUT2D eigenvalue weighted by molar-refractivity contribution is 5.60. The summed E-state index contributed by atoms with van der Waals surface area (Å²) in [7, 11) is 3.40. The highest BCUT2D eigenvalue weighted by Crippen LogP contribution is 2.44. The van der Waals surface area contributed by atoms with Crippen molar-refractivity contribution < 1.29 is 9.47 Å². The Balaban J connectivity index is 1.92. The normalized spacial score (nSPS) is 18.3. The van der Waals surface area contributed by atoms with E-state index in [1.165, 1.54) is 33.5 Å². The lowest BCUT2D eigenvalue weighted by atomic mass is 9.84. The summed E-state index contributed by atoms with van der Waals surface area (Å²) in [6.07, 6.45) is 0.964. The predicted octanol–water partition coefficient (Wildman–Crippen LogP) is 5.86. The molecule has 0 radical (unpaired) electrons. The van der Waals surface area contributed by atoms with Gasteiger partial charge in [-0.15, -0.1) is 0 Å². The summed E-state index contributed by atoms with van der Waals surface area (Å²) in [4.78, 5) is 2.54. The molecular weight excluding hydrogens is 358 g/mol. The van der Waals surface area contributed by atoms with Gasteiger partial charge in [-0.2, -0.15) is 0 Å². The monoisotopic (exact) mass is 387 g/mol. The van der Waals surface area contributed by atoms with E-state index in [4.69, 9.17) is 9.47 Å². The summed E-state index contributed by atoms with van der Waals surface area (Å²) in [6, 6.07) is 22.5. The minimum Gasteiger partial charge on any atom is -0.493 e. The number of hydrogen-bond acceptors (Lipinski definition) is 3. The van der Waals surface area contributed by atoms with E-state index in [-0.39, 0.29) is 6.04 Å².